The SMILES string of the molecule is CC(CNCc1ccc(Cl)cc1OC=O)c1cccc(Cl)c1. The van der Waals surface area contributed by atoms with Crippen LogP contribution in [0.4, 0.5) is 0 Å². The molecular weight excluding hydrogens is 321 g/mol. The average molecular weight is 338 g/mol. The molecule has 0 saturated carbocycles. The predicted molar refractivity (Wildman–Crippen MR) is 89.7 cm³/mol. The van der Waals surface area contributed by atoms with Crippen LogP contribution in [-0.2, 0) is 11.3 Å². The second-order valence-corrected chi connectivity index (χ2v) is 5.93. The molecule has 116 valence electrons. The van der Waals surface area contributed by atoms with Crippen LogP contribution in [0.1, 0.15) is 24.0 Å². The summed E-state index contributed by atoms with van der Waals surface area (Å²) in [7, 11) is 0. The summed E-state index contributed by atoms with van der Waals surface area (Å²) in [5.41, 5.74) is 2.07. The fraction of sp³-hybridized carbons (Fsp3) is 0.235. The van der Waals surface area contributed by atoms with Crippen LogP contribution >= 0.6 is 23.2 Å². The average Bonchev–Trinajstić information content (AvgIpc) is 2.49. The Hall–Kier alpha value is -1.55. The molecule has 0 aromatic heterocycles. The van der Waals surface area contributed by atoms with E-state index in [2.05, 4.69) is 18.3 Å². The van der Waals surface area contributed by atoms with Crippen molar-refractivity contribution in [3.8, 4) is 5.75 Å². The zero-order valence-corrected chi connectivity index (χ0v) is 13.7. The molecule has 1 atom stereocenters. The van der Waals surface area contributed by atoms with Gasteiger partial charge in [0, 0.05) is 28.7 Å². The van der Waals surface area contributed by atoms with Gasteiger partial charge in [-0.3, -0.25) is 4.79 Å². The van der Waals surface area contributed by atoms with Gasteiger partial charge in [-0.2, -0.15) is 0 Å². The Labute approximate surface area is 140 Å². The molecule has 0 heterocycles. The lowest BCUT2D eigenvalue weighted by atomic mass is 10.0. The van der Waals surface area contributed by atoms with E-state index in [9.17, 15) is 4.79 Å². The molecule has 0 bridgehead atoms. The van der Waals surface area contributed by atoms with Crippen LogP contribution in [0.3, 0.4) is 0 Å². The van der Waals surface area contributed by atoms with Gasteiger partial charge in [-0.05, 0) is 35.7 Å². The number of carbonyl (C=O) groups is 1. The number of hydrogen-bond acceptors (Lipinski definition) is 3. The summed E-state index contributed by atoms with van der Waals surface area (Å²) in [6.45, 7) is 3.90. The predicted octanol–water partition coefficient (Wildman–Crippen LogP) is 4.42. The minimum absolute atomic E-state index is 0.321. The zero-order chi connectivity index (χ0) is 15.9. The molecule has 5 heteroatoms. The van der Waals surface area contributed by atoms with Crippen LogP contribution < -0.4 is 10.1 Å². The van der Waals surface area contributed by atoms with Crippen molar-refractivity contribution >= 4 is 29.7 Å². The van der Waals surface area contributed by atoms with Crippen LogP contribution in [0.5, 0.6) is 5.75 Å². The van der Waals surface area contributed by atoms with Crippen molar-refractivity contribution in [3.63, 3.8) is 0 Å². The molecule has 0 radical (unpaired) electrons. The van der Waals surface area contributed by atoms with Gasteiger partial charge in [0.05, 0.1) is 0 Å². The van der Waals surface area contributed by atoms with Crippen molar-refractivity contribution in [1.82, 2.24) is 5.32 Å². The smallest absolute Gasteiger partial charge is 0.298 e. The van der Waals surface area contributed by atoms with Crippen molar-refractivity contribution in [1.29, 1.82) is 0 Å². The lowest BCUT2D eigenvalue weighted by Crippen LogP contribution is -2.20. The monoisotopic (exact) mass is 337 g/mol. The summed E-state index contributed by atoms with van der Waals surface area (Å²) < 4.78 is 4.95. The van der Waals surface area contributed by atoms with Crippen LogP contribution in [0.2, 0.25) is 10.0 Å². The Morgan fingerprint density at radius 3 is 2.68 bits per heavy atom. The third kappa shape index (κ3) is 4.73. The number of rotatable bonds is 7. The maximum absolute atomic E-state index is 10.5. The fourth-order valence-corrected chi connectivity index (χ4v) is 2.55. The number of hydrogen-bond donors (Lipinski definition) is 1. The first-order chi connectivity index (χ1) is 10.6. The van der Waals surface area contributed by atoms with E-state index < -0.39 is 0 Å². The third-order valence-corrected chi connectivity index (χ3v) is 3.86. The molecule has 1 N–H and O–H groups in total. The van der Waals surface area contributed by atoms with Gasteiger partial charge < -0.3 is 10.1 Å². The minimum atomic E-state index is 0.321. The van der Waals surface area contributed by atoms with Gasteiger partial charge >= 0.3 is 0 Å². The molecule has 0 aliphatic carbocycles. The quantitative estimate of drug-likeness (QED) is 0.760. The van der Waals surface area contributed by atoms with E-state index in [1.165, 1.54) is 5.56 Å². The molecule has 2 aromatic carbocycles. The van der Waals surface area contributed by atoms with Gasteiger partial charge in [0.15, 0.2) is 0 Å². The second kappa shape index (κ2) is 8.18. The van der Waals surface area contributed by atoms with E-state index in [1.807, 2.05) is 24.3 Å². The van der Waals surface area contributed by atoms with Gasteiger partial charge in [0.1, 0.15) is 5.75 Å². The van der Waals surface area contributed by atoms with Crippen molar-refractivity contribution in [2.75, 3.05) is 6.54 Å². The number of benzene rings is 2. The van der Waals surface area contributed by atoms with Crippen LogP contribution in [-0.4, -0.2) is 13.0 Å². The highest BCUT2D eigenvalue weighted by molar-refractivity contribution is 6.31. The maximum Gasteiger partial charge on any atom is 0.298 e. The van der Waals surface area contributed by atoms with E-state index in [4.69, 9.17) is 27.9 Å². The largest absolute Gasteiger partial charge is 0.428 e. The first-order valence-electron chi connectivity index (χ1n) is 6.95. The lowest BCUT2D eigenvalue weighted by molar-refractivity contribution is -0.120. The highest BCUT2D eigenvalue weighted by Gasteiger charge is 2.08. The van der Waals surface area contributed by atoms with E-state index >= 15 is 0 Å². The molecule has 0 fully saturated rings. The van der Waals surface area contributed by atoms with Gasteiger partial charge in [0.2, 0.25) is 0 Å². The third-order valence-electron chi connectivity index (χ3n) is 3.39. The highest BCUT2D eigenvalue weighted by Crippen LogP contribution is 2.23. The Bertz CT molecular complexity index is 646. The summed E-state index contributed by atoms with van der Waals surface area (Å²) in [4.78, 5) is 10.5. The summed E-state index contributed by atoms with van der Waals surface area (Å²) in [5.74, 6) is 0.798. The Balaban J connectivity index is 1.94. The topological polar surface area (TPSA) is 38.3 Å². The molecule has 0 amide bonds. The Kier molecular flexibility index (Phi) is 6.25. The van der Waals surface area contributed by atoms with Gasteiger partial charge in [-0.1, -0.05) is 48.3 Å². The van der Waals surface area contributed by atoms with E-state index in [-0.39, 0.29) is 0 Å². The van der Waals surface area contributed by atoms with Crippen molar-refractivity contribution < 1.29 is 9.53 Å². The van der Waals surface area contributed by atoms with Crippen molar-refractivity contribution in [2.24, 2.45) is 0 Å². The van der Waals surface area contributed by atoms with Crippen LogP contribution in [0.25, 0.3) is 0 Å². The number of carbonyl (C=O) groups excluding carboxylic acids is 1. The Morgan fingerprint density at radius 1 is 1.18 bits per heavy atom. The molecule has 22 heavy (non-hydrogen) atoms. The van der Waals surface area contributed by atoms with Crippen LogP contribution in [0, 0.1) is 0 Å². The zero-order valence-electron chi connectivity index (χ0n) is 12.2. The summed E-state index contributed by atoms with van der Waals surface area (Å²) in [5, 5.41) is 4.63. The normalized spacial score (nSPS) is 12.0. The number of halogens is 2. The molecule has 0 aliphatic rings. The van der Waals surface area contributed by atoms with E-state index in [0.717, 1.165) is 17.1 Å². The number of ether oxygens (including phenoxy) is 1. The highest BCUT2D eigenvalue weighted by atomic mass is 35.5. The van der Waals surface area contributed by atoms with Gasteiger partial charge in [0.25, 0.3) is 6.47 Å². The molecule has 0 saturated heterocycles. The molecule has 2 aromatic rings. The van der Waals surface area contributed by atoms with E-state index in [0.29, 0.717) is 29.7 Å². The first-order valence-corrected chi connectivity index (χ1v) is 7.70. The summed E-state index contributed by atoms with van der Waals surface area (Å²) >= 11 is 11.9. The van der Waals surface area contributed by atoms with Crippen molar-refractivity contribution in [2.45, 2.75) is 19.4 Å². The molecule has 1 unspecified atom stereocenters. The van der Waals surface area contributed by atoms with Crippen LogP contribution in [0.15, 0.2) is 42.5 Å². The molecular formula is C17H17Cl2NO2. The molecule has 0 aliphatic heterocycles. The standard InChI is InChI=1S/C17H17Cl2NO2/c1-12(13-3-2-4-15(18)7-13)9-20-10-14-5-6-16(19)8-17(14)22-11-21/h2-8,11-12,20H,9-10H2,1H3. The second-order valence-electron chi connectivity index (χ2n) is 5.05. The van der Waals surface area contributed by atoms with Gasteiger partial charge in [-0.25, -0.2) is 0 Å². The molecule has 2 rings (SSSR count). The summed E-state index contributed by atoms with van der Waals surface area (Å²) in [6.07, 6.45) is 0. The van der Waals surface area contributed by atoms with E-state index in [1.54, 1.807) is 12.1 Å². The number of nitrogens with one attached hydrogen (secondary N) is 1. The molecule has 0 spiro atoms. The van der Waals surface area contributed by atoms with Gasteiger partial charge in [-0.15, -0.1) is 0 Å². The lowest BCUT2D eigenvalue weighted by Gasteiger charge is -2.14. The maximum atomic E-state index is 10.5. The fourth-order valence-electron chi connectivity index (χ4n) is 2.19. The Morgan fingerprint density at radius 2 is 1.95 bits per heavy atom. The molecule has 3 nitrogen and oxygen atoms in total. The minimum Gasteiger partial charge on any atom is -0.428 e. The van der Waals surface area contributed by atoms with Crippen molar-refractivity contribution in [3.05, 3.63) is 63.6 Å². The summed E-state index contributed by atoms with van der Waals surface area (Å²) in [6, 6.07) is 13.1. The first kappa shape index (κ1) is 16.8.